The summed E-state index contributed by atoms with van der Waals surface area (Å²) in [5.41, 5.74) is 19.4. The van der Waals surface area contributed by atoms with E-state index in [2.05, 4.69) is 138 Å². The van der Waals surface area contributed by atoms with Crippen molar-refractivity contribution in [1.82, 2.24) is 0 Å². The third kappa shape index (κ3) is 36.8. The lowest BCUT2D eigenvalue weighted by Gasteiger charge is -2.29. The molecule has 6 atom stereocenters. The highest BCUT2D eigenvalue weighted by molar-refractivity contribution is 7.57. The number of carbonyl (C=O) groups excluding carboxylic acids is 6. The van der Waals surface area contributed by atoms with Crippen LogP contribution < -0.4 is 92.1 Å². The summed E-state index contributed by atoms with van der Waals surface area (Å²) >= 11 is 0. The molecule has 142 heavy (non-hydrogen) atoms. The van der Waals surface area contributed by atoms with Crippen molar-refractivity contribution < 1.29 is 85.6 Å². The number of carbonyl (C=O) groups is 6. The minimum atomic E-state index is -0.0797. The molecular weight excluding hydrogens is 1890 g/mol. The zero-order valence-electron chi connectivity index (χ0n) is 88.8. The Kier molecular flexibility index (Phi) is 48.1. The van der Waals surface area contributed by atoms with Crippen molar-refractivity contribution in [1.29, 1.82) is 0 Å². The second-order valence-electron chi connectivity index (χ2n) is 37.9. The van der Waals surface area contributed by atoms with Crippen LogP contribution in [0.3, 0.4) is 0 Å². The molecule has 0 bridgehead atoms. The minimum absolute atomic E-state index is 0.0130. The molecule has 0 spiro atoms. The number of Topliss-reactive ketones (excluding diaryl/α,β-unsaturated/α-hetero) is 6. The topological polar surface area (TPSA) is 213 Å². The first kappa shape index (κ1) is 119. The standard InChI is InChI=1S/C24H33O3P.C22H29O3P.C19H23O3P.2C18H21O3P.C17H19O3P/c1-16(25)18-11-9-10-12-20(18)28-21-14-17(23(2,3)4)13-19(24(5,6)7)22(21)27-15-26-8;1-14-8-9-19(17(10-14)16(3)23)26-20-12-15(2)11-18(22(4,5)6)21(20)25-13-24-7;1-12-6-7-17(16(9-12)15(4)20)23-18-10-13(2)8-14(3)19(18)22-11-21-5;1-12-6-8-17(15(9-12)14(3)19)22-18-10-13(2)5-7-16(18)21-11-20-4;1-12-8-9-16(15(10-12)14(3)19)22-17-7-5-6-13(2)18(17)21-11-20-4;1-12-8-9-16(14(10-12)13(2)18)21-17-7-5-4-6-15(17)20-11-19-3/h9-14,28H,15H2,1-8H3;8-12,26H,13H2,1-7H3;6-10,23H,11H2,1-5H3;2*5-10,22H,11H2,1-4H3;4-10,21H,11H2,1-3H3. The Labute approximate surface area is 855 Å². The summed E-state index contributed by atoms with van der Waals surface area (Å²) in [7, 11) is 11.8. The van der Waals surface area contributed by atoms with Crippen molar-refractivity contribution in [2.45, 2.75) is 189 Å². The smallest absolute Gasteiger partial charge is 0.188 e. The van der Waals surface area contributed by atoms with Crippen LogP contribution in [0, 0.1) is 69.2 Å². The van der Waals surface area contributed by atoms with Crippen molar-refractivity contribution in [3.8, 4) is 34.5 Å². The molecule has 18 nitrogen and oxygen atoms in total. The van der Waals surface area contributed by atoms with Gasteiger partial charge < -0.3 is 56.8 Å². The number of ether oxygens (including phenoxy) is 12. The molecule has 0 aliphatic rings. The van der Waals surface area contributed by atoms with Crippen molar-refractivity contribution in [2.75, 3.05) is 83.4 Å². The van der Waals surface area contributed by atoms with Gasteiger partial charge in [0.2, 0.25) is 0 Å². The fourth-order valence-electron chi connectivity index (χ4n) is 15.0. The van der Waals surface area contributed by atoms with Gasteiger partial charge in [0.1, 0.15) is 34.5 Å². The first-order chi connectivity index (χ1) is 67.1. The van der Waals surface area contributed by atoms with Crippen molar-refractivity contribution in [2.24, 2.45) is 0 Å². The molecule has 0 fully saturated rings. The Morgan fingerprint density at radius 1 is 0.218 bits per heavy atom. The van der Waals surface area contributed by atoms with Crippen LogP contribution in [0.15, 0.2) is 212 Å². The molecule has 12 rings (SSSR count). The quantitative estimate of drug-likeness (QED) is 0.0203. The SMILES string of the molecule is COCOc1c(C)cc(C)cc1Pc1ccc(C)cc1C(C)=O.COCOc1c(C)cccc1Pc1ccc(C)cc1C(C)=O.COCOc1c(Pc2ccc(C)cc2C(C)=O)cc(C)cc1C(C)(C)C.COCOc1c(Pc2ccccc2C(C)=O)cc(C(C)(C)C)cc1C(C)(C)C.COCOc1ccc(C)cc1Pc1ccc(C)cc1C(C)=O.COCOc1ccccc1Pc1ccc(C)cc1C(C)=O. The van der Waals surface area contributed by atoms with Crippen LogP contribution in [0.4, 0.5) is 0 Å². The highest BCUT2D eigenvalue weighted by Crippen LogP contribution is 2.40. The van der Waals surface area contributed by atoms with Gasteiger partial charge in [0.05, 0.1) is 0 Å². The monoisotopic (exact) mass is 2040 g/mol. The van der Waals surface area contributed by atoms with E-state index in [4.69, 9.17) is 56.8 Å². The van der Waals surface area contributed by atoms with Gasteiger partial charge in [-0.05, 0) is 253 Å². The van der Waals surface area contributed by atoms with Gasteiger partial charge in [-0.2, -0.15) is 0 Å². The maximum absolute atomic E-state index is 12.1. The number of para-hydroxylation sites is 2. The summed E-state index contributed by atoms with van der Waals surface area (Å²) in [4.78, 5) is 71.8. The molecule has 756 valence electrons. The summed E-state index contributed by atoms with van der Waals surface area (Å²) in [6.45, 7) is 51.1. The lowest BCUT2D eigenvalue weighted by Crippen LogP contribution is -2.24. The summed E-state index contributed by atoms with van der Waals surface area (Å²) in [6.07, 6.45) is 0. The third-order valence-electron chi connectivity index (χ3n) is 22.1. The highest BCUT2D eigenvalue weighted by atomic mass is 31.1. The number of rotatable bonds is 36. The van der Waals surface area contributed by atoms with E-state index in [1.807, 2.05) is 206 Å². The fourth-order valence-corrected chi connectivity index (χ4v) is 23.5. The lowest BCUT2D eigenvalue weighted by atomic mass is 9.80. The van der Waals surface area contributed by atoms with Gasteiger partial charge in [-0.3, -0.25) is 28.8 Å². The second-order valence-corrected chi connectivity index (χ2v) is 45.9. The van der Waals surface area contributed by atoms with Gasteiger partial charge in [0.25, 0.3) is 0 Å². The number of benzene rings is 12. The van der Waals surface area contributed by atoms with Crippen LogP contribution >= 0.6 is 51.5 Å². The molecule has 0 aliphatic carbocycles. The summed E-state index contributed by atoms with van der Waals surface area (Å²) in [5.74, 6) is 5.62. The predicted octanol–water partition coefficient (Wildman–Crippen LogP) is 22.0. The van der Waals surface area contributed by atoms with Crippen LogP contribution in [-0.2, 0) is 44.7 Å². The molecular formula is C118H146O18P6. The Morgan fingerprint density at radius 3 is 0.873 bits per heavy atom. The van der Waals surface area contributed by atoms with Crippen LogP contribution in [0.1, 0.15) is 238 Å². The Balaban J connectivity index is 0.000000232. The van der Waals surface area contributed by atoms with Gasteiger partial charge in [-0.1, -0.05) is 293 Å². The number of aryl methyl sites for hydroxylation is 10. The Hall–Kier alpha value is -10.2. The van der Waals surface area contributed by atoms with E-state index < -0.39 is 0 Å². The molecule has 12 aromatic carbocycles. The molecule has 0 aliphatic heterocycles. The van der Waals surface area contributed by atoms with Gasteiger partial charge in [0, 0.05) is 119 Å². The van der Waals surface area contributed by atoms with Gasteiger partial charge in [-0.25, -0.2) is 0 Å². The largest absolute Gasteiger partial charge is 0.467 e. The zero-order valence-corrected chi connectivity index (χ0v) is 94.8. The summed E-state index contributed by atoms with van der Waals surface area (Å²) in [6, 6.07) is 71.1. The zero-order chi connectivity index (χ0) is 105. The van der Waals surface area contributed by atoms with Crippen LogP contribution in [0.2, 0.25) is 0 Å². The first-order valence-corrected chi connectivity index (χ1v) is 52.9. The van der Waals surface area contributed by atoms with Crippen molar-refractivity contribution >= 4 is 150 Å². The second kappa shape index (κ2) is 57.5. The predicted molar refractivity (Wildman–Crippen MR) is 601 cm³/mol. The summed E-state index contributed by atoms with van der Waals surface area (Å²) in [5, 5.41) is 12.9. The number of ketones is 6. The molecule has 6 unspecified atom stereocenters. The van der Waals surface area contributed by atoms with E-state index in [1.54, 1.807) is 84.2 Å². The lowest BCUT2D eigenvalue weighted by molar-refractivity contribution is 0.0504. The number of methoxy groups -OCH3 is 6. The molecule has 0 aromatic heterocycles. The van der Waals surface area contributed by atoms with E-state index in [9.17, 15) is 28.8 Å². The van der Waals surface area contributed by atoms with Crippen LogP contribution in [-0.4, -0.2) is 118 Å². The van der Waals surface area contributed by atoms with E-state index in [0.29, 0.717) is 51.5 Å². The van der Waals surface area contributed by atoms with E-state index in [0.717, 1.165) is 176 Å². The minimum Gasteiger partial charge on any atom is -0.467 e. The molecule has 24 heteroatoms. The number of hydrogen-bond donors (Lipinski definition) is 0. The maximum Gasteiger partial charge on any atom is 0.188 e. The van der Waals surface area contributed by atoms with Crippen molar-refractivity contribution in [3.05, 3.63) is 318 Å². The number of hydrogen-bond acceptors (Lipinski definition) is 18. The summed E-state index contributed by atoms with van der Waals surface area (Å²) < 4.78 is 65.1. The molecule has 0 saturated carbocycles. The highest BCUT2D eigenvalue weighted by Gasteiger charge is 2.29. The average Bonchev–Trinajstić information content (AvgIpc) is 0.726. The molecule has 0 heterocycles. The van der Waals surface area contributed by atoms with Gasteiger partial charge >= 0.3 is 0 Å². The first-order valence-electron chi connectivity index (χ1n) is 46.9. The maximum atomic E-state index is 12.1. The fraction of sp³-hybridized carbons (Fsp3) is 0.339. The Morgan fingerprint density at radius 2 is 0.493 bits per heavy atom. The normalized spacial score (nSPS) is 11.5. The van der Waals surface area contributed by atoms with E-state index >= 15 is 0 Å². The third-order valence-corrected chi connectivity index (χ3v) is 30.3. The average molecular weight is 2040 g/mol. The molecule has 0 radical (unpaired) electrons. The van der Waals surface area contributed by atoms with E-state index in [1.165, 1.54) is 27.8 Å². The van der Waals surface area contributed by atoms with Gasteiger partial charge in [-0.15, -0.1) is 0 Å². The molecule has 0 amide bonds. The van der Waals surface area contributed by atoms with Crippen LogP contribution in [0.25, 0.3) is 0 Å². The van der Waals surface area contributed by atoms with Crippen LogP contribution in [0.5, 0.6) is 34.5 Å². The molecule has 0 N–H and O–H groups in total. The van der Waals surface area contributed by atoms with Crippen molar-refractivity contribution in [3.63, 3.8) is 0 Å². The van der Waals surface area contributed by atoms with E-state index in [-0.39, 0.29) is 91.7 Å². The molecule has 0 saturated heterocycles. The molecule has 12 aromatic rings. The Bertz CT molecular complexity index is 6250. The van der Waals surface area contributed by atoms with Gasteiger partial charge in [0.15, 0.2) is 75.5 Å².